The van der Waals surface area contributed by atoms with Gasteiger partial charge in [-0.2, -0.15) is 5.10 Å². The first-order valence-corrected chi connectivity index (χ1v) is 7.16. The average molecular weight is 286 g/mol. The number of amides is 1. The molecular formula is C16H22N4O. The van der Waals surface area contributed by atoms with Crippen molar-refractivity contribution in [2.45, 2.75) is 33.4 Å². The van der Waals surface area contributed by atoms with Crippen molar-refractivity contribution in [3.05, 3.63) is 47.3 Å². The molecule has 1 atom stereocenters. The molecule has 0 aliphatic heterocycles. The molecule has 1 aromatic heterocycles. The van der Waals surface area contributed by atoms with Gasteiger partial charge in [-0.15, -0.1) is 0 Å². The third kappa shape index (κ3) is 3.42. The second-order valence-corrected chi connectivity index (χ2v) is 5.10. The summed E-state index contributed by atoms with van der Waals surface area (Å²) in [5, 5.41) is 10.4. The van der Waals surface area contributed by atoms with Crippen LogP contribution in [0.2, 0.25) is 0 Å². The lowest BCUT2D eigenvalue weighted by Gasteiger charge is -2.16. The van der Waals surface area contributed by atoms with Gasteiger partial charge in [-0.3, -0.25) is 9.48 Å². The van der Waals surface area contributed by atoms with Gasteiger partial charge in [-0.1, -0.05) is 6.07 Å². The van der Waals surface area contributed by atoms with Crippen LogP contribution < -0.4 is 10.6 Å². The van der Waals surface area contributed by atoms with Crippen molar-refractivity contribution >= 4 is 11.6 Å². The molecule has 0 saturated heterocycles. The molecule has 112 valence electrons. The molecule has 2 rings (SSSR count). The lowest BCUT2D eigenvalue weighted by atomic mass is 10.1. The predicted molar refractivity (Wildman–Crippen MR) is 84.5 cm³/mol. The number of hydrogen-bond donors (Lipinski definition) is 2. The molecule has 2 N–H and O–H groups in total. The first-order valence-electron chi connectivity index (χ1n) is 7.16. The summed E-state index contributed by atoms with van der Waals surface area (Å²) >= 11 is 0. The number of nitrogens with zero attached hydrogens (tertiary/aromatic N) is 2. The fourth-order valence-electron chi connectivity index (χ4n) is 2.16. The monoisotopic (exact) mass is 286 g/mol. The standard InChI is InChI=1S/C16H22N4O/c1-5-20-10-14(9-18-20)12(3)19-15-8-13(16(21)17-4)7-6-11(15)2/h6-10,12,19H,5H2,1-4H3,(H,17,21). The Morgan fingerprint density at radius 3 is 2.81 bits per heavy atom. The Labute approximate surface area is 125 Å². The molecular weight excluding hydrogens is 264 g/mol. The molecule has 1 heterocycles. The Kier molecular flexibility index (Phi) is 4.62. The summed E-state index contributed by atoms with van der Waals surface area (Å²) in [5.41, 5.74) is 3.86. The van der Waals surface area contributed by atoms with E-state index in [4.69, 9.17) is 0 Å². The second-order valence-electron chi connectivity index (χ2n) is 5.10. The zero-order valence-corrected chi connectivity index (χ0v) is 13.0. The number of nitrogens with one attached hydrogen (secondary N) is 2. The summed E-state index contributed by atoms with van der Waals surface area (Å²) in [7, 11) is 1.64. The van der Waals surface area contributed by atoms with Crippen LogP contribution in [-0.2, 0) is 6.54 Å². The van der Waals surface area contributed by atoms with Gasteiger partial charge in [0.05, 0.1) is 12.2 Å². The number of carbonyl (C=O) groups excluding carboxylic acids is 1. The number of carbonyl (C=O) groups is 1. The summed E-state index contributed by atoms with van der Waals surface area (Å²) in [6.45, 7) is 7.03. The predicted octanol–water partition coefficient (Wildman–Crippen LogP) is 2.74. The highest BCUT2D eigenvalue weighted by Crippen LogP contribution is 2.23. The highest BCUT2D eigenvalue weighted by Gasteiger charge is 2.11. The number of anilines is 1. The lowest BCUT2D eigenvalue weighted by Crippen LogP contribution is -2.18. The summed E-state index contributed by atoms with van der Waals surface area (Å²) in [6, 6.07) is 5.80. The zero-order chi connectivity index (χ0) is 15.4. The largest absolute Gasteiger partial charge is 0.378 e. The molecule has 0 radical (unpaired) electrons. The van der Waals surface area contributed by atoms with E-state index in [1.54, 1.807) is 7.05 Å². The molecule has 0 fully saturated rings. The molecule has 5 nitrogen and oxygen atoms in total. The summed E-state index contributed by atoms with van der Waals surface area (Å²) in [6.07, 6.45) is 3.91. The topological polar surface area (TPSA) is 59.0 Å². The van der Waals surface area contributed by atoms with E-state index in [9.17, 15) is 4.79 Å². The first-order chi connectivity index (χ1) is 10.0. The van der Waals surface area contributed by atoms with Crippen molar-refractivity contribution in [3.8, 4) is 0 Å². The van der Waals surface area contributed by atoms with E-state index in [0.29, 0.717) is 5.56 Å². The molecule has 0 aliphatic carbocycles. The van der Waals surface area contributed by atoms with E-state index in [0.717, 1.165) is 23.4 Å². The quantitative estimate of drug-likeness (QED) is 0.888. The lowest BCUT2D eigenvalue weighted by molar-refractivity contribution is 0.0963. The normalized spacial score (nSPS) is 12.0. The highest BCUT2D eigenvalue weighted by atomic mass is 16.1. The van der Waals surface area contributed by atoms with E-state index in [1.165, 1.54) is 0 Å². The van der Waals surface area contributed by atoms with Crippen LogP contribution in [-0.4, -0.2) is 22.7 Å². The molecule has 5 heteroatoms. The SMILES string of the molecule is CCn1cc(C(C)Nc2cc(C(=O)NC)ccc2C)cn1. The van der Waals surface area contributed by atoms with Crippen molar-refractivity contribution in [1.82, 2.24) is 15.1 Å². The van der Waals surface area contributed by atoms with Crippen LogP contribution in [0.15, 0.2) is 30.6 Å². The molecule has 0 aliphatic rings. The Balaban J connectivity index is 2.19. The van der Waals surface area contributed by atoms with Crippen molar-refractivity contribution in [3.63, 3.8) is 0 Å². The van der Waals surface area contributed by atoms with Crippen LogP contribution in [0.3, 0.4) is 0 Å². The van der Waals surface area contributed by atoms with E-state index >= 15 is 0 Å². The minimum atomic E-state index is -0.0792. The van der Waals surface area contributed by atoms with Gasteiger partial charge in [-0.05, 0) is 38.5 Å². The van der Waals surface area contributed by atoms with Gasteiger partial charge in [0, 0.05) is 36.6 Å². The third-order valence-electron chi connectivity index (χ3n) is 3.58. The van der Waals surface area contributed by atoms with E-state index in [1.807, 2.05) is 42.2 Å². The molecule has 0 saturated carbocycles. The molecule has 0 spiro atoms. The van der Waals surface area contributed by atoms with Gasteiger partial charge < -0.3 is 10.6 Å². The van der Waals surface area contributed by atoms with Gasteiger partial charge in [0.1, 0.15) is 0 Å². The average Bonchev–Trinajstić information content (AvgIpc) is 2.97. The van der Waals surface area contributed by atoms with Crippen molar-refractivity contribution in [1.29, 1.82) is 0 Å². The minimum absolute atomic E-state index is 0.0792. The van der Waals surface area contributed by atoms with E-state index in [2.05, 4.69) is 29.6 Å². The fourth-order valence-corrected chi connectivity index (χ4v) is 2.16. The van der Waals surface area contributed by atoms with Crippen LogP contribution in [0.5, 0.6) is 0 Å². The van der Waals surface area contributed by atoms with Gasteiger partial charge in [0.15, 0.2) is 0 Å². The summed E-state index contributed by atoms with van der Waals surface area (Å²) in [4.78, 5) is 11.7. The maximum absolute atomic E-state index is 11.7. The van der Waals surface area contributed by atoms with Crippen molar-refractivity contribution in [2.75, 3.05) is 12.4 Å². The fraction of sp³-hybridized carbons (Fsp3) is 0.375. The summed E-state index contributed by atoms with van der Waals surface area (Å²) < 4.78 is 1.90. The maximum atomic E-state index is 11.7. The molecule has 1 amide bonds. The van der Waals surface area contributed by atoms with E-state index < -0.39 is 0 Å². The Hall–Kier alpha value is -2.30. The number of hydrogen-bond acceptors (Lipinski definition) is 3. The minimum Gasteiger partial charge on any atom is -0.378 e. The number of benzene rings is 1. The van der Waals surface area contributed by atoms with Gasteiger partial charge in [0.2, 0.25) is 0 Å². The van der Waals surface area contributed by atoms with Crippen LogP contribution in [0.25, 0.3) is 0 Å². The smallest absolute Gasteiger partial charge is 0.251 e. The molecule has 1 aromatic carbocycles. The highest BCUT2D eigenvalue weighted by molar-refractivity contribution is 5.95. The molecule has 2 aromatic rings. The van der Waals surface area contributed by atoms with Gasteiger partial charge in [0.25, 0.3) is 5.91 Å². The third-order valence-corrected chi connectivity index (χ3v) is 3.58. The van der Waals surface area contributed by atoms with Crippen LogP contribution >= 0.6 is 0 Å². The number of aryl methyl sites for hydroxylation is 2. The maximum Gasteiger partial charge on any atom is 0.251 e. The van der Waals surface area contributed by atoms with Crippen molar-refractivity contribution in [2.24, 2.45) is 0 Å². The van der Waals surface area contributed by atoms with E-state index in [-0.39, 0.29) is 11.9 Å². The van der Waals surface area contributed by atoms with Gasteiger partial charge in [-0.25, -0.2) is 0 Å². The first kappa shape index (κ1) is 15.1. The van der Waals surface area contributed by atoms with Crippen LogP contribution in [0, 0.1) is 6.92 Å². The van der Waals surface area contributed by atoms with Crippen molar-refractivity contribution < 1.29 is 4.79 Å². The Morgan fingerprint density at radius 2 is 2.19 bits per heavy atom. The second kappa shape index (κ2) is 6.43. The van der Waals surface area contributed by atoms with Crippen LogP contribution in [0.1, 0.15) is 41.4 Å². The van der Waals surface area contributed by atoms with Gasteiger partial charge >= 0.3 is 0 Å². The number of aromatic nitrogens is 2. The Morgan fingerprint density at radius 1 is 1.43 bits per heavy atom. The Bertz CT molecular complexity index is 633. The zero-order valence-electron chi connectivity index (χ0n) is 13.0. The molecule has 0 bridgehead atoms. The van der Waals surface area contributed by atoms with Crippen LogP contribution in [0.4, 0.5) is 5.69 Å². The number of rotatable bonds is 5. The molecule has 1 unspecified atom stereocenters. The summed E-state index contributed by atoms with van der Waals surface area (Å²) in [5.74, 6) is -0.0792. The molecule has 21 heavy (non-hydrogen) atoms.